The molecule has 0 radical (unpaired) electrons. The van der Waals surface area contributed by atoms with Gasteiger partial charge in [-0.15, -0.1) is 10.2 Å². The Morgan fingerprint density at radius 2 is 2.12 bits per heavy atom. The number of hydrogen-bond acceptors (Lipinski definition) is 4. The molecule has 5 nitrogen and oxygen atoms in total. The minimum absolute atomic E-state index is 0.398. The lowest BCUT2D eigenvalue weighted by atomic mass is 10.3. The van der Waals surface area contributed by atoms with E-state index in [-0.39, 0.29) is 0 Å². The van der Waals surface area contributed by atoms with Crippen LogP contribution in [0, 0.1) is 0 Å². The van der Waals surface area contributed by atoms with Crippen LogP contribution in [0.1, 0.15) is 0 Å². The van der Waals surface area contributed by atoms with Crippen LogP contribution in [0.3, 0.4) is 0 Å². The van der Waals surface area contributed by atoms with E-state index < -0.39 is 6.03 Å². The normalized spacial score (nSPS) is 9.81. The molecule has 0 fully saturated rings. The van der Waals surface area contributed by atoms with Gasteiger partial charge in [0.1, 0.15) is 5.51 Å². The molecule has 2 N–H and O–H groups in total. The van der Waals surface area contributed by atoms with Gasteiger partial charge in [0.15, 0.2) is 0 Å². The van der Waals surface area contributed by atoms with Gasteiger partial charge in [-0.25, -0.2) is 4.79 Å². The van der Waals surface area contributed by atoms with E-state index in [9.17, 15) is 4.79 Å². The molecule has 1 aromatic carbocycles. The molecule has 16 heavy (non-hydrogen) atoms. The monoisotopic (exact) mass is 254 g/mol. The fraction of sp³-hybridized carbons (Fsp3) is 0. The van der Waals surface area contributed by atoms with E-state index in [4.69, 9.17) is 11.6 Å². The summed E-state index contributed by atoms with van der Waals surface area (Å²) in [6, 6.07) is 6.58. The van der Waals surface area contributed by atoms with Gasteiger partial charge in [-0.05, 0) is 12.1 Å². The predicted molar refractivity (Wildman–Crippen MR) is 64.0 cm³/mol. The molecule has 0 saturated heterocycles. The van der Waals surface area contributed by atoms with Crippen LogP contribution in [0.4, 0.5) is 15.6 Å². The minimum Gasteiger partial charge on any atom is -0.306 e. The topological polar surface area (TPSA) is 66.9 Å². The van der Waals surface area contributed by atoms with E-state index >= 15 is 0 Å². The Morgan fingerprint density at radius 1 is 1.31 bits per heavy atom. The van der Waals surface area contributed by atoms with Crippen molar-refractivity contribution in [1.82, 2.24) is 10.2 Å². The molecule has 0 atom stereocenters. The van der Waals surface area contributed by atoms with Gasteiger partial charge in [-0.3, -0.25) is 5.32 Å². The molecule has 0 aliphatic carbocycles. The first-order chi connectivity index (χ1) is 7.75. The summed E-state index contributed by atoms with van der Waals surface area (Å²) in [6.45, 7) is 0. The van der Waals surface area contributed by atoms with Crippen LogP contribution < -0.4 is 10.6 Å². The van der Waals surface area contributed by atoms with Gasteiger partial charge >= 0.3 is 6.03 Å². The van der Waals surface area contributed by atoms with Crippen LogP contribution in [0.15, 0.2) is 29.8 Å². The third-order valence-electron chi connectivity index (χ3n) is 1.70. The molecule has 2 rings (SSSR count). The molecule has 1 aromatic heterocycles. The molecule has 1 heterocycles. The first-order valence-corrected chi connectivity index (χ1v) is 5.60. The number of anilines is 2. The van der Waals surface area contributed by atoms with Crippen molar-refractivity contribution in [1.29, 1.82) is 0 Å². The number of benzene rings is 1. The van der Waals surface area contributed by atoms with Gasteiger partial charge in [0.2, 0.25) is 5.13 Å². The minimum atomic E-state index is -0.398. The number of rotatable bonds is 2. The lowest BCUT2D eigenvalue weighted by Gasteiger charge is -2.06. The number of carbonyl (C=O) groups is 1. The molecule has 0 aliphatic heterocycles. The Kier molecular flexibility index (Phi) is 3.33. The first kappa shape index (κ1) is 10.8. The Bertz CT molecular complexity index is 488. The van der Waals surface area contributed by atoms with Gasteiger partial charge in [0, 0.05) is 0 Å². The zero-order valence-electron chi connectivity index (χ0n) is 7.98. The van der Waals surface area contributed by atoms with Crippen molar-refractivity contribution in [3.8, 4) is 0 Å². The van der Waals surface area contributed by atoms with Gasteiger partial charge in [0.25, 0.3) is 0 Å². The summed E-state index contributed by atoms with van der Waals surface area (Å²) < 4.78 is 0. The summed E-state index contributed by atoms with van der Waals surface area (Å²) >= 11 is 7.12. The first-order valence-electron chi connectivity index (χ1n) is 4.34. The highest BCUT2D eigenvalue weighted by atomic mass is 35.5. The summed E-state index contributed by atoms with van der Waals surface area (Å²) in [6.07, 6.45) is 0. The van der Waals surface area contributed by atoms with E-state index in [1.165, 1.54) is 16.8 Å². The van der Waals surface area contributed by atoms with Crippen LogP contribution >= 0.6 is 22.9 Å². The van der Waals surface area contributed by atoms with E-state index in [2.05, 4.69) is 20.8 Å². The van der Waals surface area contributed by atoms with Gasteiger partial charge in [0.05, 0.1) is 10.7 Å². The largest absolute Gasteiger partial charge is 0.325 e. The molecule has 0 unspecified atom stereocenters. The quantitative estimate of drug-likeness (QED) is 0.866. The van der Waals surface area contributed by atoms with E-state index in [0.717, 1.165) is 0 Å². The summed E-state index contributed by atoms with van der Waals surface area (Å²) in [7, 11) is 0. The Balaban J connectivity index is 2.00. The fourth-order valence-corrected chi connectivity index (χ4v) is 1.66. The zero-order chi connectivity index (χ0) is 11.4. The maximum Gasteiger partial charge on any atom is 0.325 e. The number of para-hydroxylation sites is 1. The molecule has 0 bridgehead atoms. The number of nitrogens with zero attached hydrogens (tertiary/aromatic N) is 2. The average Bonchev–Trinajstić information content (AvgIpc) is 2.74. The van der Waals surface area contributed by atoms with Crippen molar-refractivity contribution >= 4 is 39.8 Å². The van der Waals surface area contributed by atoms with E-state index in [1.807, 2.05) is 0 Å². The van der Waals surface area contributed by atoms with Gasteiger partial charge in [-0.2, -0.15) is 0 Å². The Labute approximate surface area is 100 Å². The van der Waals surface area contributed by atoms with Crippen LogP contribution in [-0.4, -0.2) is 16.2 Å². The van der Waals surface area contributed by atoms with Crippen LogP contribution in [0.2, 0.25) is 5.02 Å². The summed E-state index contributed by atoms with van der Waals surface area (Å²) in [5, 5.41) is 13.3. The fourth-order valence-electron chi connectivity index (χ4n) is 1.04. The van der Waals surface area contributed by atoms with E-state index in [0.29, 0.717) is 15.8 Å². The number of urea groups is 1. The summed E-state index contributed by atoms with van der Waals surface area (Å²) in [5.74, 6) is 0. The number of amides is 2. The third kappa shape index (κ3) is 2.68. The molecule has 7 heteroatoms. The highest BCUT2D eigenvalue weighted by Gasteiger charge is 2.06. The van der Waals surface area contributed by atoms with Gasteiger partial charge in [-0.1, -0.05) is 35.1 Å². The molecular weight excluding hydrogens is 248 g/mol. The second-order valence-electron chi connectivity index (χ2n) is 2.80. The van der Waals surface area contributed by atoms with Gasteiger partial charge < -0.3 is 5.32 Å². The maximum absolute atomic E-state index is 11.5. The average molecular weight is 255 g/mol. The molecule has 2 aromatic rings. The SMILES string of the molecule is O=C(Nc1nncs1)Nc1ccccc1Cl. The second-order valence-corrected chi connectivity index (χ2v) is 4.04. The number of carbonyl (C=O) groups excluding carboxylic acids is 1. The standard InChI is InChI=1S/C9H7ClN4OS/c10-6-3-1-2-4-7(6)12-8(15)13-9-14-11-5-16-9/h1-5H,(H2,12,13,14,15). The van der Waals surface area contributed by atoms with Crippen LogP contribution in [0.25, 0.3) is 0 Å². The van der Waals surface area contributed by atoms with Crippen molar-refractivity contribution in [2.45, 2.75) is 0 Å². The second kappa shape index (κ2) is 4.91. The third-order valence-corrected chi connectivity index (χ3v) is 2.64. The molecule has 0 spiro atoms. The van der Waals surface area contributed by atoms with Crippen molar-refractivity contribution in [2.75, 3.05) is 10.6 Å². The van der Waals surface area contributed by atoms with E-state index in [1.54, 1.807) is 24.3 Å². The molecule has 0 aliphatic rings. The smallest absolute Gasteiger partial charge is 0.306 e. The maximum atomic E-state index is 11.5. The number of aromatic nitrogens is 2. The number of hydrogen-bond donors (Lipinski definition) is 2. The molecular formula is C9H7ClN4OS. The predicted octanol–water partition coefficient (Wildman–Crippen LogP) is 2.84. The highest BCUT2D eigenvalue weighted by Crippen LogP contribution is 2.20. The van der Waals surface area contributed by atoms with Crippen LogP contribution in [-0.2, 0) is 0 Å². The lowest BCUT2D eigenvalue weighted by molar-refractivity contribution is 0.262. The van der Waals surface area contributed by atoms with Crippen molar-refractivity contribution in [3.63, 3.8) is 0 Å². The highest BCUT2D eigenvalue weighted by molar-refractivity contribution is 7.13. The Morgan fingerprint density at radius 3 is 2.81 bits per heavy atom. The summed E-state index contributed by atoms with van der Waals surface area (Å²) in [5.41, 5.74) is 2.08. The van der Waals surface area contributed by atoms with Crippen molar-refractivity contribution < 1.29 is 4.79 Å². The lowest BCUT2D eigenvalue weighted by Crippen LogP contribution is -2.19. The Hall–Kier alpha value is -1.66. The molecule has 0 saturated carbocycles. The number of halogens is 1. The molecule has 82 valence electrons. The molecule has 2 amide bonds. The van der Waals surface area contributed by atoms with Crippen molar-refractivity contribution in [3.05, 3.63) is 34.8 Å². The zero-order valence-corrected chi connectivity index (χ0v) is 9.55. The van der Waals surface area contributed by atoms with Crippen LogP contribution in [0.5, 0.6) is 0 Å². The summed E-state index contributed by atoms with van der Waals surface area (Å²) in [4.78, 5) is 11.5. The van der Waals surface area contributed by atoms with Crippen molar-refractivity contribution in [2.24, 2.45) is 0 Å². The number of nitrogens with one attached hydrogen (secondary N) is 2.